The average Bonchev–Trinajstić information content (AvgIpc) is 2.53. The van der Waals surface area contributed by atoms with E-state index in [0.29, 0.717) is 26.2 Å². The Hall–Kier alpha value is 0.410. The number of nitrogens with two attached hydrogens (primary N) is 1. The molecule has 0 amide bonds. The highest BCUT2D eigenvalue weighted by atomic mass is 127. The first-order valence-electron chi connectivity index (χ1n) is 7.71. The number of nitrogens with zero attached hydrogens (tertiary/aromatic N) is 3. The first kappa shape index (κ1) is 18.7. The lowest BCUT2D eigenvalue weighted by Crippen LogP contribution is -2.62. The lowest BCUT2D eigenvalue weighted by molar-refractivity contribution is -0.120. The third-order valence-corrected chi connectivity index (χ3v) is 5.27. The SMILES string of the molecule is NN1CCO[C@@H](C(O)C2CN(I)CCN2CC(CO)CO)C1. The van der Waals surface area contributed by atoms with Crippen LogP contribution in [0.25, 0.3) is 0 Å². The predicted molar refractivity (Wildman–Crippen MR) is 90.1 cm³/mol. The van der Waals surface area contributed by atoms with E-state index in [1.165, 1.54) is 0 Å². The van der Waals surface area contributed by atoms with Gasteiger partial charge in [0, 0.05) is 81.3 Å². The van der Waals surface area contributed by atoms with Gasteiger partial charge in [0.15, 0.2) is 0 Å². The second-order valence-corrected chi connectivity index (χ2v) is 7.42. The number of aliphatic hydroxyl groups excluding tert-OH is 3. The molecule has 2 saturated heterocycles. The molecule has 0 saturated carbocycles. The van der Waals surface area contributed by atoms with Crippen LogP contribution in [0.15, 0.2) is 0 Å². The second kappa shape index (κ2) is 9.04. The number of hydrogen-bond acceptors (Lipinski definition) is 8. The molecule has 0 aliphatic carbocycles. The van der Waals surface area contributed by atoms with Crippen molar-refractivity contribution < 1.29 is 20.1 Å². The maximum Gasteiger partial charge on any atom is 0.0990 e. The molecule has 5 N–H and O–H groups in total. The molecule has 2 aliphatic heterocycles. The van der Waals surface area contributed by atoms with Gasteiger partial charge in [0.2, 0.25) is 0 Å². The molecular formula is C13H27IN4O4. The second-order valence-electron chi connectivity index (χ2n) is 6.06. The van der Waals surface area contributed by atoms with E-state index >= 15 is 0 Å². The maximum absolute atomic E-state index is 10.8. The van der Waals surface area contributed by atoms with Gasteiger partial charge in [-0.15, -0.1) is 0 Å². The quantitative estimate of drug-likeness (QED) is 0.215. The molecule has 130 valence electrons. The first-order chi connectivity index (χ1) is 10.5. The number of hydrazine groups is 1. The van der Waals surface area contributed by atoms with E-state index in [1.54, 1.807) is 5.01 Å². The van der Waals surface area contributed by atoms with Crippen LogP contribution in [0.2, 0.25) is 0 Å². The Kier molecular flexibility index (Phi) is 7.70. The van der Waals surface area contributed by atoms with Crippen LogP contribution in [0.1, 0.15) is 0 Å². The van der Waals surface area contributed by atoms with Crippen LogP contribution in [0.5, 0.6) is 0 Å². The lowest BCUT2D eigenvalue weighted by Gasteiger charge is -2.45. The molecule has 8 nitrogen and oxygen atoms in total. The number of morpholine rings is 1. The van der Waals surface area contributed by atoms with E-state index in [9.17, 15) is 15.3 Å². The predicted octanol–water partition coefficient (Wildman–Crippen LogP) is -2.14. The minimum atomic E-state index is -0.651. The summed E-state index contributed by atoms with van der Waals surface area (Å²) in [6.45, 7) is 4.56. The summed E-state index contributed by atoms with van der Waals surface area (Å²) in [5.74, 6) is 5.64. The molecule has 0 aromatic heterocycles. The van der Waals surface area contributed by atoms with Crippen molar-refractivity contribution in [3.05, 3.63) is 0 Å². The third kappa shape index (κ3) is 4.95. The van der Waals surface area contributed by atoms with Gasteiger partial charge in [-0.1, -0.05) is 0 Å². The van der Waals surface area contributed by atoms with Crippen LogP contribution in [0, 0.1) is 5.92 Å². The van der Waals surface area contributed by atoms with Crippen molar-refractivity contribution in [1.82, 2.24) is 13.0 Å². The summed E-state index contributed by atoms with van der Waals surface area (Å²) in [6, 6.07) is -0.0947. The molecule has 2 fully saturated rings. The van der Waals surface area contributed by atoms with Crippen LogP contribution in [-0.4, -0.2) is 106 Å². The molecule has 22 heavy (non-hydrogen) atoms. The molecule has 0 aromatic carbocycles. The largest absolute Gasteiger partial charge is 0.396 e. The van der Waals surface area contributed by atoms with Gasteiger partial charge in [-0.05, 0) is 0 Å². The minimum Gasteiger partial charge on any atom is -0.396 e. The van der Waals surface area contributed by atoms with E-state index in [1.807, 2.05) is 0 Å². The van der Waals surface area contributed by atoms with Crippen LogP contribution in [0.4, 0.5) is 0 Å². The molecule has 0 radical (unpaired) electrons. The highest BCUT2D eigenvalue weighted by Gasteiger charge is 2.38. The highest BCUT2D eigenvalue weighted by Crippen LogP contribution is 2.21. The van der Waals surface area contributed by atoms with Gasteiger partial charge >= 0.3 is 0 Å². The Bertz CT molecular complexity index is 335. The van der Waals surface area contributed by atoms with Gasteiger partial charge in [0.05, 0.1) is 24.9 Å². The standard InChI is InChI=1S/C13H27IN4O4/c14-17-2-1-16(5-10(8-19)9-20)11(6-17)13(21)12-7-18(15)3-4-22-12/h10-13,19-21H,1-9,15H2/t11?,12-,13?/m1/s1. The molecule has 0 bridgehead atoms. The summed E-state index contributed by atoms with van der Waals surface area (Å²) in [4.78, 5) is 2.15. The summed E-state index contributed by atoms with van der Waals surface area (Å²) in [7, 11) is 0. The number of halogens is 1. The van der Waals surface area contributed by atoms with E-state index in [4.69, 9.17) is 10.6 Å². The Morgan fingerprint density at radius 1 is 1.18 bits per heavy atom. The number of ether oxygens (including phenoxy) is 1. The van der Waals surface area contributed by atoms with Gasteiger partial charge in [0.1, 0.15) is 0 Å². The van der Waals surface area contributed by atoms with Crippen LogP contribution >= 0.6 is 22.9 Å². The number of hydrogen-bond donors (Lipinski definition) is 4. The van der Waals surface area contributed by atoms with Crippen molar-refractivity contribution in [1.29, 1.82) is 0 Å². The molecule has 2 aliphatic rings. The maximum atomic E-state index is 10.8. The fourth-order valence-corrected chi connectivity index (χ4v) is 3.64. The molecule has 2 heterocycles. The summed E-state index contributed by atoms with van der Waals surface area (Å²) in [5.41, 5.74) is 0. The fraction of sp³-hybridized carbons (Fsp3) is 1.00. The van der Waals surface area contributed by atoms with Crippen LogP contribution in [0.3, 0.4) is 0 Å². The summed E-state index contributed by atoms with van der Waals surface area (Å²) >= 11 is 2.26. The van der Waals surface area contributed by atoms with Crippen molar-refractivity contribution in [3.8, 4) is 0 Å². The van der Waals surface area contributed by atoms with Crippen molar-refractivity contribution >= 4 is 22.9 Å². The highest BCUT2D eigenvalue weighted by molar-refractivity contribution is 14.1. The van der Waals surface area contributed by atoms with E-state index in [2.05, 4.69) is 30.9 Å². The Morgan fingerprint density at radius 3 is 2.55 bits per heavy atom. The zero-order valence-corrected chi connectivity index (χ0v) is 14.9. The summed E-state index contributed by atoms with van der Waals surface area (Å²) in [5, 5.41) is 31.1. The van der Waals surface area contributed by atoms with Crippen molar-refractivity contribution in [2.75, 3.05) is 59.1 Å². The van der Waals surface area contributed by atoms with Gasteiger partial charge in [-0.2, -0.15) is 0 Å². The van der Waals surface area contributed by atoms with Crippen LogP contribution < -0.4 is 5.84 Å². The first-order valence-corrected chi connectivity index (χ1v) is 8.67. The Balaban J connectivity index is 2.01. The van der Waals surface area contributed by atoms with Crippen molar-refractivity contribution in [2.24, 2.45) is 11.8 Å². The normalized spacial score (nSPS) is 30.8. The van der Waals surface area contributed by atoms with Gasteiger partial charge < -0.3 is 20.1 Å². The molecule has 0 aromatic rings. The average molecular weight is 430 g/mol. The van der Waals surface area contributed by atoms with Crippen molar-refractivity contribution in [3.63, 3.8) is 0 Å². The molecule has 2 unspecified atom stereocenters. The minimum absolute atomic E-state index is 0.0553. The molecule has 3 atom stereocenters. The van der Waals surface area contributed by atoms with Crippen LogP contribution in [-0.2, 0) is 4.74 Å². The fourth-order valence-electron chi connectivity index (χ4n) is 3.02. The Labute approximate surface area is 145 Å². The molecule has 2 rings (SSSR count). The zero-order valence-electron chi connectivity index (χ0n) is 12.7. The smallest absolute Gasteiger partial charge is 0.0990 e. The number of aliphatic hydroxyl groups is 3. The third-order valence-electron chi connectivity index (χ3n) is 4.39. The topological polar surface area (TPSA) is 106 Å². The van der Waals surface area contributed by atoms with Gasteiger partial charge in [0.25, 0.3) is 0 Å². The number of rotatable bonds is 6. The monoisotopic (exact) mass is 430 g/mol. The van der Waals surface area contributed by atoms with E-state index in [0.717, 1.165) is 19.6 Å². The summed E-state index contributed by atoms with van der Waals surface area (Å²) in [6.07, 6.45) is -0.960. The number of piperazine rings is 1. The lowest BCUT2D eigenvalue weighted by atomic mass is 9.99. The molecule has 9 heteroatoms. The van der Waals surface area contributed by atoms with E-state index < -0.39 is 6.10 Å². The Morgan fingerprint density at radius 2 is 1.91 bits per heavy atom. The van der Waals surface area contributed by atoms with Gasteiger partial charge in [-0.3, -0.25) is 10.7 Å². The van der Waals surface area contributed by atoms with E-state index in [-0.39, 0.29) is 31.3 Å². The van der Waals surface area contributed by atoms with Gasteiger partial charge in [-0.25, -0.2) is 8.12 Å². The van der Waals surface area contributed by atoms with Crippen molar-refractivity contribution in [2.45, 2.75) is 18.2 Å². The molecule has 0 spiro atoms. The summed E-state index contributed by atoms with van der Waals surface area (Å²) < 4.78 is 7.84. The zero-order chi connectivity index (χ0) is 16.1. The molecular weight excluding hydrogens is 403 g/mol.